The van der Waals surface area contributed by atoms with Crippen LogP contribution in [0.1, 0.15) is 90.2 Å². The van der Waals surface area contributed by atoms with Crippen LogP contribution in [0.2, 0.25) is 0 Å². The molecular weight excluding hydrogens is 754 g/mol. The number of Topliss-reactive ketones (excluding diaryl/α,β-unsaturated/α-hetero) is 1. The van der Waals surface area contributed by atoms with Crippen molar-refractivity contribution in [3.05, 3.63) is 82.9 Å². The third-order valence-corrected chi connectivity index (χ3v) is 12.6. The van der Waals surface area contributed by atoms with Gasteiger partial charge in [0.05, 0.1) is 35.6 Å². The summed E-state index contributed by atoms with van der Waals surface area (Å²) in [6, 6.07) is 14.6. The van der Waals surface area contributed by atoms with Gasteiger partial charge in [0.2, 0.25) is 0 Å². The topological polar surface area (TPSA) is 224 Å². The summed E-state index contributed by atoms with van der Waals surface area (Å²) in [4.78, 5) is 68.9. The first-order valence-electron chi connectivity index (χ1n) is 19.3. The van der Waals surface area contributed by atoms with Crippen molar-refractivity contribution in [2.45, 2.75) is 128 Å². The highest BCUT2D eigenvalue weighted by Crippen LogP contribution is 2.64. The van der Waals surface area contributed by atoms with Gasteiger partial charge in [0, 0.05) is 25.2 Å². The van der Waals surface area contributed by atoms with Gasteiger partial charge in [-0.1, -0.05) is 62.4 Å². The van der Waals surface area contributed by atoms with Crippen molar-refractivity contribution >= 4 is 29.8 Å². The van der Waals surface area contributed by atoms with Crippen LogP contribution in [0, 0.1) is 16.7 Å². The number of nitrogens with one attached hydrogen (secondary N) is 1. The highest BCUT2D eigenvalue weighted by Gasteiger charge is 2.78. The van der Waals surface area contributed by atoms with Crippen LogP contribution in [0.25, 0.3) is 0 Å². The third-order valence-electron chi connectivity index (χ3n) is 12.6. The van der Waals surface area contributed by atoms with E-state index in [9.17, 15) is 44.4 Å². The maximum Gasteiger partial charge on any atom is 0.408 e. The van der Waals surface area contributed by atoms with Crippen LogP contribution in [0.5, 0.6) is 0 Å². The summed E-state index contributed by atoms with van der Waals surface area (Å²) in [5.74, 6) is -5.36. The number of fused-ring (bicyclic) bond motifs is 5. The Morgan fingerprint density at radius 3 is 2.10 bits per heavy atom. The zero-order valence-electron chi connectivity index (χ0n) is 33.9. The molecule has 1 heterocycles. The predicted molar refractivity (Wildman–Crippen MR) is 204 cm³/mol. The number of alkyl carbamates (subject to hydrolysis) is 1. The summed E-state index contributed by atoms with van der Waals surface area (Å²) in [7, 11) is 0. The number of hydrogen-bond donors (Lipinski definition) is 5. The molecule has 1 saturated heterocycles. The average molecular weight is 808 g/mol. The molecule has 0 spiro atoms. The second-order valence-electron chi connectivity index (χ2n) is 17.6. The van der Waals surface area contributed by atoms with Gasteiger partial charge in [0.25, 0.3) is 0 Å². The lowest BCUT2D eigenvalue weighted by molar-refractivity contribution is -0.346. The quantitative estimate of drug-likeness (QED) is 0.147. The minimum Gasteiger partial charge on any atom is -0.456 e. The Balaban J connectivity index is 1.49. The minimum absolute atomic E-state index is 0.0637. The van der Waals surface area contributed by atoms with Crippen molar-refractivity contribution in [1.29, 1.82) is 0 Å². The summed E-state index contributed by atoms with van der Waals surface area (Å²) in [6.45, 7) is 11.8. The number of rotatable bonds is 8. The molecule has 3 fully saturated rings. The largest absolute Gasteiger partial charge is 0.456 e. The third kappa shape index (κ3) is 7.10. The fourth-order valence-electron chi connectivity index (χ4n) is 9.56. The zero-order valence-corrected chi connectivity index (χ0v) is 33.9. The van der Waals surface area contributed by atoms with Crippen LogP contribution in [0.4, 0.5) is 4.79 Å². The van der Waals surface area contributed by atoms with Crippen LogP contribution in [0.3, 0.4) is 0 Å². The van der Waals surface area contributed by atoms with E-state index in [1.807, 2.05) is 0 Å². The van der Waals surface area contributed by atoms with Gasteiger partial charge in [-0.25, -0.2) is 14.4 Å². The van der Waals surface area contributed by atoms with Gasteiger partial charge in [0.1, 0.15) is 35.6 Å². The standard InChI is InChI=1S/C43H53NO14/c1-22-26(55-37(51)32(48)30(24-15-11-9-12-16-24)44-38(52)58-39(3,4)5)20-43(53)35(56-36(50)25-17-13-10-14-18-25)33-41(8,34(49)31(47)29(22)40(43,6)7)27(46)19-28-42(33,21-54-28)57-23(2)45/h9-18,26-28,30-33,35,46-48,53H,19-21H2,1-8H3,(H,44,52)/t26-,27-,28+,30-,31+,32-,33-,35-,41+,42-,43-/m0/s1. The molecule has 4 aliphatic rings. The summed E-state index contributed by atoms with van der Waals surface area (Å²) < 4.78 is 29.5. The van der Waals surface area contributed by atoms with Gasteiger partial charge in [0.15, 0.2) is 17.5 Å². The number of esters is 3. The molecule has 15 nitrogen and oxygen atoms in total. The Hall–Kier alpha value is -4.67. The van der Waals surface area contributed by atoms with Gasteiger partial charge >= 0.3 is 24.0 Å². The Morgan fingerprint density at radius 2 is 1.55 bits per heavy atom. The van der Waals surface area contributed by atoms with Crippen LogP contribution in [-0.4, -0.2) is 110 Å². The number of ether oxygens (including phenoxy) is 5. The van der Waals surface area contributed by atoms with E-state index < -0.39 is 112 Å². The van der Waals surface area contributed by atoms with Crippen LogP contribution in [0.15, 0.2) is 71.8 Å². The molecule has 1 aliphatic heterocycles. The normalized spacial score (nSPS) is 33.7. The lowest BCUT2D eigenvalue weighted by Crippen LogP contribution is -2.81. The van der Waals surface area contributed by atoms with Crippen LogP contribution >= 0.6 is 0 Å². The molecule has 2 aromatic rings. The van der Waals surface area contributed by atoms with E-state index in [1.165, 1.54) is 26.0 Å². The molecule has 6 rings (SSSR count). The van der Waals surface area contributed by atoms with Crippen molar-refractivity contribution < 1.29 is 68.1 Å². The van der Waals surface area contributed by atoms with Crippen molar-refractivity contribution in [1.82, 2.24) is 5.32 Å². The highest BCUT2D eigenvalue weighted by molar-refractivity contribution is 5.94. The van der Waals surface area contributed by atoms with Gasteiger partial charge in [-0.15, -0.1) is 0 Å². The Morgan fingerprint density at radius 1 is 0.948 bits per heavy atom. The van der Waals surface area contributed by atoms with E-state index in [1.54, 1.807) is 83.1 Å². The van der Waals surface area contributed by atoms with E-state index in [2.05, 4.69) is 5.32 Å². The smallest absolute Gasteiger partial charge is 0.408 e. The van der Waals surface area contributed by atoms with Crippen molar-refractivity contribution in [2.75, 3.05) is 6.61 Å². The fraction of sp³-hybridized carbons (Fsp3) is 0.558. The summed E-state index contributed by atoms with van der Waals surface area (Å²) in [6.07, 6.45) is -11.5. The minimum atomic E-state index is -2.35. The molecule has 2 bridgehead atoms. The van der Waals surface area contributed by atoms with Gasteiger partial charge in [-0.2, -0.15) is 0 Å². The van der Waals surface area contributed by atoms with E-state index in [0.717, 1.165) is 6.92 Å². The van der Waals surface area contributed by atoms with E-state index in [0.29, 0.717) is 5.56 Å². The average Bonchev–Trinajstić information content (AvgIpc) is 3.14. The summed E-state index contributed by atoms with van der Waals surface area (Å²) in [5, 5.41) is 51.6. The van der Waals surface area contributed by atoms with Crippen molar-refractivity contribution in [2.24, 2.45) is 16.7 Å². The van der Waals surface area contributed by atoms with Crippen molar-refractivity contribution in [3.8, 4) is 0 Å². The molecule has 2 saturated carbocycles. The molecule has 0 radical (unpaired) electrons. The number of amides is 1. The number of aliphatic hydroxyl groups excluding tert-OH is 3. The zero-order chi connectivity index (χ0) is 42.7. The van der Waals surface area contributed by atoms with Crippen LogP contribution in [-0.2, 0) is 38.1 Å². The number of carbonyl (C=O) groups is 5. The molecule has 11 atom stereocenters. The highest BCUT2D eigenvalue weighted by atomic mass is 16.6. The van der Waals surface area contributed by atoms with E-state index >= 15 is 0 Å². The molecule has 0 aromatic heterocycles. The molecule has 2 aromatic carbocycles. The fourth-order valence-corrected chi connectivity index (χ4v) is 9.56. The van der Waals surface area contributed by atoms with E-state index in [4.69, 9.17) is 23.7 Å². The Kier molecular flexibility index (Phi) is 11.2. The SMILES string of the molecule is CC(=O)O[C@@]12CO[C@@H]1C[C@H](O)[C@@]1(C)C(=O)[C@H](O)C3=C(C)[C@@H](OC(=O)[C@@H](O)[C@@H](NC(=O)OC(C)(C)C)c4ccccc4)C[C@](O)([C@@H](OC(=O)c4ccccc4)[C@H]21)C3(C)C. The lowest BCUT2D eigenvalue weighted by Gasteiger charge is -2.67. The number of aliphatic hydroxyl groups is 4. The number of hydrogen-bond acceptors (Lipinski definition) is 14. The molecule has 0 unspecified atom stereocenters. The number of ketones is 1. The molecule has 58 heavy (non-hydrogen) atoms. The summed E-state index contributed by atoms with van der Waals surface area (Å²) >= 11 is 0. The number of benzene rings is 2. The first-order valence-corrected chi connectivity index (χ1v) is 19.3. The van der Waals surface area contributed by atoms with Gasteiger partial charge in [-0.05, 0) is 63.5 Å². The maximum atomic E-state index is 14.9. The predicted octanol–water partition coefficient (Wildman–Crippen LogP) is 3.26. The second-order valence-corrected chi connectivity index (χ2v) is 17.6. The van der Waals surface area contributed by atoms with Gasteiger partial charge < -0.3 is 49.4 Å². The first kappa shape index (κ1) is 42.9. The molecule has 15 heteroatoms. The molecule has 314 valence electrons. The van der Waals surface area contributed by atoms with Gasteiger partial charge in [-0.3, -0.25) is 9.59 Å². The lowest BCUT2D eigenvalue weighted by atomic mass is 9.44. The van der Waals surface area contributed by atoms with Crippen molar-refractivity contribution in [3.63, 3.8) is 0 Å². The van der Waals surface area contributed by atoms with E-state index in [-0.39, 0.29) is 29.7 Å². The monoisotopic (exact) mass is 807 g/mol. The van der Waals surface area contributed by atoms with Crippen LogP contribution < -0.4 is 5.32 Å². The Labute approximate surface area is 336 Å². The first-order chi connectivity index (χ1) is 27.0. The molecular formula is C43H53NO14. The number of carbonyl (C=O) groups excluding carboxylic acids is 5. The molecule has 3 aliphatic carbocycles. The summed E-state index contributed by atoms with van der Waals surface area (Å²) in [5.41, 5.74) is -8.14. The molecule has 1 amide bonds. The maximum absolute atomic E-state index is 14.9. The molecule has 5 N–H and O–H groups in total. The Bertz CT molecular complexity index is 1980. The second kappa shape index (κ2) is 15.2.